The third kappa shape index (κ3) is 9.47. The van der Waals surface area contributed by atoms with Gasteiger partial charge in [0.2, 0.25) is 5.91 Å². The summed E-state index contributed by atoms with van der Waals surface area (Å²) >= 11 is 5.98. The van der Waals surface area contributed by atoms with E-state index in [0.717, 1.165) is 0 Å². The standard InChI is InChI=1S/C19H24ClN3O2.C2H2O4/c1-23(2)17(14-7-5-4-6-8-14)12-21-13-19(24)22-16-11-15(20)9-10-18(16)25-3;3-1(4)2(5)6/h4-11,17,21H,12-13H2,1-3H3,(H,22,24);(H,3,4)(H,5,6). The zero-order chi connectivity index (χ0) is 23.4. The van der Waals surface area contributed by atoms with Gasteiger partial charge in [-0.05, 0) is 37.9 Å². The highest BCUT2D eigenvalue weighted by Crippen LogP contribution is 2.27. The number of hydrogen-bond donors (Lipinski definition) is 4. The summed E-state index contributed by atoms with van der Waals surface area (Å²) in [4.78, 5) is 32.5. The van der Waals surface area contributed by atoms with Crippen LogP contribution in [0.4, 0.5) is 5.69 Å². The number of ether oxygens (including phenoxy) is 1. The lowest BCUT2D eigenvalue weighted by Crippen LogP contribution is -2.35. The first-order valence-corrected chi connectivity index (χ1v) is 9.55. The molecule has 0 heterocycles. The van der Waals surface area contributed by atoms with Gasteiger partial charge in [0.1, 0.15) is 5.75 Å². The van der Waals surface area contributed by atoms with Crippen molar-refractivity contribution in [2.75, 3.05) is 39.6 Å². The van der Waals surface area contributed by atoms with E-state index in [1.54, 1.807) is 25.3 Å². The maximum atomic E-state index is 12.2. The molecule has 168 valence electrons. The molecule has 0 radical (unpaired) electrons. The molecule has 0 bridgehead atoms. The second-order valence-corrected chi connectivity index (χ2v) is 6.96. The van der Waals surface area contributed by atoms with Crippen LogP contribution in [0.1, 0.15) is 11.6 Å². The molecule has 31 heavy (non-hydrogen) atoms. The molecule has 0 aliphatic rings. The number of carbonyl (C=O) groups excluding carboxylic acids is 1. The summed E-state index contributed by atoms with van der Waals surface area (Å²) in [5.41, 5.74) is 1.77. The summed E-state index contributed by atoms with van der Waals surface area (Å²) in [5, 5.41) is 21.4. The zero-order valence-electron chi connectivity index (χ0n) is 17.5. The molecule has 1 atom stereocenters. The molecule has 2 rings (SSSR count). The number of carbonyl (C=O) groups is 3. The van der Waals surface area contributed by atoms with Gasteiger partial charge in [0.05, 0.1) is 19.3 Å². The molecule has 0 aromatic heterocycles. The Balaban J connectivity index is 0.000000703. The second-order valence-electron chi connectivity index (χ2n) is 6.52. The Bertz CT molecular complexity index is 865. The number of halogens is 1. The number of nitrogens with zero attached hydrogens (tertiary/aromatic N) is 1. The van der Waals surface area contributed by atoms with Crippen LogP contribution in [-0.4, -0.2) is 67.3 Å². The largest absolute Gasteiger partial charge is 0.495 e. The van der Waals surface area contributed by atoms with E-state index in [4.69, 9.17) is 36.1 Å². The molecule has 9 nitrogen and oxygen atoms in total. The van der Waals surface area contributed by atoms with E-state index in [1.807, 2.05) is 32.3 Å². The normalized spacial score (nSPS) is 11.1. The molecule has 10 heteroatoms. The summed E-state index contributed by atoms with van der Waals surface area (Å²) in [7, 11) is 5.60. The summed E-state index contributed by atoms with van der Waals surface area (Å²) in [6, 6.07) is 15.5. The Morgan fingerprint density at radius 3 is 2.19 bits per heavy atom. The highest BCUT2D eigenvalue weighted by atomic mass is 35.5. The van der Waals surface area contributed by atoms with Crippen LogP contribution >= 0.6 is 11.6 Å². The lowest BCUT2D eigenvalue weighted by molar-refractivity contribution is -0.159. The van der Waals surface area contributed by atoms with Crippen LogP contribution in [0, 0.1) is 0 Å². The van der Waals surface area contributed by atoms with Crippen molar-refractivity contribution in [3.8, 4) is 5.75 Å². The number of methoxy groups -OCH3 is 1. The third-order valence-electron chi connectivity index (χ3n) is 4.05. The monoisotopic (exact) mass is 451 g/mol. The molecule has 0 aliphatic carbocycles. The van der Waals surface area contributed by atoms with Crippen molar-refractivity contribution >= 4 is 35.1 Å². The number of benzene rings is 2. The molecule has 2 aromatic carbocycles. The minimum atomic E-state index is -1.82. The topological polar surface area (TPSA) is 128 Å². The molecular formula is C21H26ClN3O6. The molecule has 0 saturated carbocycles. The average Bonchev–Trinajstić information content (AvgIpc) is 2.72. The SMILES string of the molecule is COc1ccc(Cl)cc1NC(=O)CNCC(c1ccccc1)N(C)C.O=C(O)C(=O)O. The van der Waals surface area contributed by atoms with Crippen LogP contribution in [0.15, 0.2) is 48.5 Å². The van der Waals surface area contributed by atoms with Crippen LogP contribution < -0.4 is 15.4 Å². The zero-order valence-corrected chi connectivity index (χ0v) is 18.2. The van der Waals surface area contributed by atoms with Crippen molar-refractivity contribution in [2.24, 2.45) is 0 Å². The maximum Gasteiger partial charge on any atom is 0.414 e. The first kappa shape index (κ1) is 25.9. The molecule has 0 spiro atoms. The van der Waals surface area contributed by atoms with E-state index in [1.165, 1.54) is 5.56 Å². The molecule has 0 aliphatic heterocycles. The Kier molecular flexibility index (Phi) is 11.0. The minimum absolute atomic E-state index is 0.147. The van der Waals surface area contributed by atoms with Crippen molar-refractivity contribution in [1.82, 2.24) is 10.2 Å². The predicted octanol–water partition coefficient (Wildman–Crippen LogP) is 2.34. The molecular weight excluding hydrogens is 426 g/mol. The first-order chi connectivity index (χ1) is 14.6. The van der Waals surface area contributed by atoms with E-state index < -0.39 is 11.9 Å². The van der Waals surface area contributed by atoms with Gasteiger partial charge in [0.15, 0.2) is 0 Å². The lowest BCUT2D eigenvalue weighted by atomic mass is 10.1. The molecule has 1 amide bonds. The van der Waals surface area contributed by atoms with Crippen LogP contribution in [0.25, 0.3) is 0 Å². The number of nitrogens with one attached hydrogen (secondary N) is 2. The number of amides is 1. The summed E-state index contributed by atoms with van der Waals surface area (Å²) in [6.45, 7) is 0.865. The summed E-state index contributed by atoms with van der Waals surface area (Å²) in [6.07, 6.45) is 0. The number of aliphatic carboxylic acids is 2. The maximum absolute atomic E-state index is 12.2. The van der Waals surface area contributed by atoms with Crippen molar-refractivity contribution in [3.63, 3.8) is 0 Å². The van der Waals surface area contributed by atoms with Crippen LogP contribution in [0.2, 0.25) is 5.02 Å². The Morgan fingerprint density at radius 1 is 1.06 bits per heavy atom. The second kappa shape index (κ2) is 13.2. The van der Waals surface area contributed by atoms with Crippen molar-refractivity contribution in [2.45, 2.75) is 6.04 Å². The predicted molar refractivity (Wildman–Crippen MR) is 118 cm³/mol. The van der Waals surface area contributed by atoms with Crippen molar-refractivity contribution < 1.29 is 29.3 Å². The Labute approximate surface area is 185 Å². The number of rotatable bonds is 8. The molecule has 0 saturated heterocycles. The smallest absolute Gasteiger partial charge is 0.414 e. The minimum Gasteiger partial charge on any atom is -0.495 e. The van der Waals surface area contributed by atoms with Gasteiger partial charge in [-0.2, -0.15) is 0 Å². The lowest BCUT2D eigenvalue weighted by Gasteiger charge is -2.25. The van der Waals surface area contributed by atoms with Gasteiger partial charge in [-0.15, -0.1) is 0 Å². The van der Waals surface area contributed by atoms with E-state index in [-0.39, 0.29) is 18.5 Å². The van der Waals surface area contributed by atoms with Crippen molar-refractivity contribution in [1.29, 1.82) is 0 Å². The molecule has 2 aromatic rings. The van der Waals surface area contributed by atoms with Gasteiger partial charge in [0.25, 0.3) is 0 Å². The quantitative estimate of drug-likeness (QED) is 0.450. The first-order valence-electron chi connectivity index (χ1n) is 9.17. The number of anilines is 1. The number of likely N-dealkylation sites (N-methyl/N-ethyl adjacent to an activating group) is 1. The average molecular weight is 452 g/mol. The fourth-order valence-electron chi connectivity index (χ4n) is 2.57. The van der Waals surface area contributed by atoms with Gasteiger partial charge in [0, 0.05) is 17.6 Å². The van der Waals surface area contributed by atoms with Gasteiger partial charge in [-0.3, -0.25) is 4.79 Å². The fraction of sp³-hybridized carbons (Fsp3) is 0.286. The van der Waals surface area contributed by atoms with E-state index in [2.05, 4.69) is 27.7 Å². The van der Waals surface area contributed by atoms with Crippen LogP contribution in [0.3, 0.4) is 0 Å². The van der Waals surface area contributed by atoms with Crippen molar-refractivity contribution in [3.05, 3.63) is 59.1 Å². The van der Waals surface area contributed by atoms with Gasteiger partial charge in [-0.1, -0.05) is 41.9 Å². The Morgan fingerprint density at radius 2 is 1.68 bits per heavy atom. The van der Waals surface area contributed by atoms with E-state index in [0.29, 0.717) is 23.0 Å². The van der Waals surface area contributed by atoms with E-state index >= 15 is 0 Å². The van der Waals surface area contributed by atoms with Crippen LogP contribution in [-0.2, 0) is 14.4 Å². The van der Waals surface area contributed by atoms with Gasteiger partial charge in [-0.25, -0.2) is 9.59 Å². The number of carboxylic acids is 2. The summed E-state index contributed by atoms with van der Waals surface area (Å²) in [5.74, 6) is -3.22. The van der Waals surface area contributed by atoms with E-state index in [9.17, 15) is 4.79 Å². The molecule has 1 unspecified atom stereocenters. The summed E-state index contributed by atoms with van der Waals surface area (Å²) < 4.78 is 5.23. The Hall–Kier alpha value is -3.14. The van der Waals surface area contributed by atoms with Gasteiger partial charge >= 0.3 is 11.9 Å². The highest BCUT2D eigenvalue weighted by Gasteiger charge is 2.14. The fourth-order valence-corrected chi connectivity index (χ4v) is 2.74. The number of carboxylic acid groups (broad SMARTS) is 2. The molecule has 0 fully saturated rings. The third-order valence-corrected chi connectivity index (χ3v) is 4.28. The van der Waals surface area contributed by atoms with Crippen LogP contribution in [0.5, 0.6) is 5.75 Å². The van der Waals surface area contributed by atoms with Gasteiger partial charge < -0.3 is 30.5 Å². The molecule has 4 N–H and O–H groups in total. The number of hydrogen-bond acceptors (Lipinski definition) is 6. The highest BCUT2D eigenvalue weighted by molar-refractivity contribution is 6.31.